The van der Waals surface area contributed by atoms with Crippen molar-refractivity contribution in [1.29, 1.82) is 0 Å². The van der Waals surface area contributed by atoms with E-state index in [4.69, 9.17) is 14.2 Å². The van der Waals surface area contributed by atoms with E-state index in [-0.39, 0.29) is 6.23 Å². The van der Waals surface area contributed by atoms with Gasteiger partial charge in [0.1, 0.15) is 6.23 Å². The summed E-state index contributed by atoms with van der Waals surface area (Å²) >= 11 is 0. The molecule has 132 valence electrons. The number of benzene rings is 1. The van der Waals surface area contributed by atoms with Gasteiger partial charge < -0.3 is 14.2 Å². The molecule has 1 aromatic rings. The molecule has 3 rings (SSSR count). The smallest absolute Gasteiger partial charge is 0.160 e. The topological polar surface area (TPSA) is 30.9 Å². The zero-order valence-electron chi connectivity index (χ0n) is 14.9. The summed E-state index contributed by atoms with van der Waals surface area (Å²) in [4.78, 5) is 2.52. The lowest BCUT2D eigenvalue weighted by Crippen LogP contribution is -2.42. The molecular formula is C20H29NO3. The average Bonchev–Trinajstić information content (AvgIpc) is 3.11. The van der Waals surface area contributed by atoms with E-state index in [1.165, 1.54) is 37.7 Å². The van der Waals surface area contributed by atoms with Gasteiger partial charge >= 0.3 is 0 Å². The van der Waals surface area contributed by atoms with Crippen LogP contribution in [-0.4, -0.2) is 44.5 Å². The summed E-state index contributed by atoms with van der Waals surface area (Å²) in [5.74, 6) is 1.55. The number of nitrogens with zero attached hydrogens (tertiary/aromatic N) is 1. The maximum atomic E-state index is 6.17. The molecular weight excluding hydrogens is 302 g/mol. The van der Waals surface area contributed by atoms with Crippen LogP contribution in [0.1, 0.15) is 37.7 Å². The van der Waals surface area contributed by atoms with E-state index in [2.05, 4.69) is 23.1 Å². The Morgan fingerprint density at radius 3 is 2.58 bits per heavy atom. The van der Waals surface area contributed by atoms with E-state index < -0.39 is 0 Å². The Morgan fingerprint density at radius 2 is 1.83 bits per heavy atom. The van der Waals surface area contributed by atoms with Crippen LogP contribution >= 0.6 is 0 Å². The molecule has 0 unspecified atom stereocenters. The van der Waals surface area contributed by atoms with E-state index in [9.17, 15) is 0 Å². The zero-order chi connectivity index (χ0) is 16.8. The highest BCUT2D eigenvalue weighted by Crippen LogP contribution is 2.29. The van der Waals surface area contributed by atoms with Gasteiger partial charge in [0.15, 0.2) is 11.5 Å². The Balaban J connectivity index is 1.51. The largest absolute Gasteiger partial charge is 0.493 e. The maximum Gasteiger partial charge on any atom is 0.160 e. The molecule has 0 saturated heterocycles. The second kappa shape index (κ2) is 8.54. The molecule has 1 atom stereocenters. The van der Waals surface area contributed by atoms with Gasteiger partial charge in [-0.2, -0.15) is 0 Å². The lowest BCUT2D eigenvalue weighted by Gasteiger charge is -2.35. The maximum absolute atomic E-state index is 6.17. The summed E-state index contributed by atoms with van der Waals surface area (Å²) in [6.07, 6.45) is 12.2. The van der Waals surface area contributed by atoms with Crippen molar-refractivity contribution in [2.45, 2.75) is 50.8 Å². The number of ether oxygens (including phenoxy) is 3. The summed E-state index contributed by atoms with van der Waals surface area (Å²) in [6, 6.07) is 6.76. The first-order chi connectivity index (χ1) is 11.8. The fourth-order valence-electron chi connectivity index (χ4n) is 3.77. The van der Waals surface area contributed by atoms with Crippen molar-refractivity contribution in [2.24, 2.45) is 0 Å². The molecule has 24 heavy (non-hydrogen) atoms. The van der Waals surface area contributed by atoms with Crippen LogP contribution in [0.2, 0.25) is 0 Å². The standard InChI is InChI=1S/C20H29NO3/c1-22-18-11-10-16(15-19(18)23-2)12-14-24-20-9-6-13-21(20)17-7-4-3-5-8-17/h6,9-11,15,17,20H,3-5,7-8,12-14H2,1-2H3/t20-/m0/s1. The molecule has 0 N–H and O–H groups in total. The van der Waals surface area contributed by atoms with Crippen molar-refractivity contribution >= 4 is 0 Å². The number of hydrogen-bond acceptors (Lipinski definition) is 4. The highest BCUT2D eigenvalue weighted by molar-refractivity contribution is 5.42. The summed E-state index contributed by atoms with van der Waals surface area (Å²) in [7, 11) is 3.33. The van der Waals surface area contributed by atoms with Crippen molar-refractivity contribution < 1.29 is 14.2 Å². The van der Waals surface area contributed by atoms with Crippen molar-refractivity contribution in [3.8, 4) is 11.5 Å². The SMILES string of the molecule is COc1ccc(CCO[C@H]2C=CCN2C2CCCCC2)cc1OC. The predicted molar refractivity (Wildman–Crippen MR) is 95.7 cm³/mol. The predicted octanol–water partition coefficient (Wildman–Crippen LogP) is 3.79. The van der Waals surface area contributed by atoms with Crippen molar-refractivity contribution in [2.75, 3.05) is 27.4 Å². The zero-order valence-corrected chi connectivity index (χ0v) is 14.9. The first-order valence-electron chi connectivity index (χ1n) is 9.06. The van der Waals surface area contributed by atoms with Gasteiger partial charge in [0, 0.05) is 12.6 Å². The van der Waals surface area contributed by atoms with E-state index >= 15 is 0 Å². The Bertz CT molecular complexity index is 552. The summed E-state index contributed by atoms with van der Waals surface area (Å²) in [5.41, 5.74) is 1.21. The molecule has 4 heteroatoms. The van der Waals surface area contributed by atoms with Crippen molar-refractivity contribution in [3.05, 3.63) is 35.9 Å². The van der Waals surface area contributed by atoms with Crippen LogP contribution < -0.4 is 9.47 Å². The molecule has 4 nitrogen and oxygen atoms in total. The van der Waals surface area contributed by atoms with Crippen LogP contribution in [0.5, 0.6) is 11.5 Å². The Kier molecular flexibility index (Phi) is 6.16. The second-order valence-electron chi connectivity index (χ2n) is 6.62. The van der Waals surface area contributed by atoms with Gasteiger partial charge in [0.2, 0.25) is 0 Å². The molecule has 0 amide bonds. The van der Waals surface area contributed by atoms with Crippen molar-refractivity contribution in [3.63, 3.8) is 0 Å². The molecule has 0 radical (unpaired) electrons. The van der Waals surface area contributed by atoms with E-state index in [0.717, 1.165) is 24.5 Å². The lowest BCUT2D eigenvalue weighted by molar-refractivity contribution is -0.0398. The Labute approximate surface area is 145 Å². The second-order valence-corrected chi connectivity index (χ2v) is 6.62. The molecule has 1 aromatic carbocycles. The summed E-state index contributed by atoms with van der Waals surface area (Å²) in [6.45, 7) is 1.75. The quantitative estimate of drug-likeness (QED) is 0.711. The fourth-order valence-corrected chi connectivity index (χ4v) is 3.77. The normalized spacial score (nSPS) is 22.0. The van der Waals surface area contributed by atoms with Crippen LogP contribution in [0.25, 0.3) is 0 Å². The highest BCUT2D eigenvalue weighted by Gasteiger charge is 2.28. The summed E-state index contributed by atoms with van der Waals surface area (Å²) < 4.78 is 16.8. The number of hydrogen-bond donors (Lipinski definition) is 0. The molecule has 1 heterocycles. The van der Waals surface area contributed by atoms with Gasteiger partial charge in [-0.15, -0.1) is 0 Å². The average molecular weight is 331 g/mol. The minimum absolute atomic E-state index is 0.147. The molecule has 0 aromatic heterocycles. The van der Waals surface area contributed by atoms with E-state index in [1.807, 2.05) is 12.1 Å². The lowest BCUT2D eigenvalue weighted by atomic mass is 9.94. The summed E-state index contributed by atoms with van der Waals surface area (Å²) in [5, 5.41) is 0. The highest BCUT2D eigenvalue weighted by atomic mass is 16.5. The van der Waals surface area contributed by atoms with Gasteiger partial charge in [0.25, 0.3) is 0 Å². The van der Waals surface area contributed by atoms with Gasteiger partial charge in [-0.1, -0.05) is 31.4 Å². The monoisotopic (exact) mass is 331 g/mol. The van der Waals surface area contributed by atoms with Gasteiger partial charge in [-0.3, -0.25) is 4.90 Å². The first kappa shape index (κ1) is 17.3. The van der Waals surface area contributed by atoms with E-state index in [0.29, 0.717) is 12.6 Å². The van der Waals surface area contributed by atoms with Crippen LogP contribution in [0.15, 0.2) is 30.4 Å². The fraction of sp³-hybridized carbons (Fsp3) is 0.600. The number of rotatable bonds is 7. The van der Waals surface area contributed by atoms with Gasteiger partial charge in [0.05, 0.1) is 20.8 Å². The Morgan fingerprint density at radius 1 is 1.04 bits per heavy atom. The first-order valence-corrected chi connectivity index (χ1v) is 9.06. The molecule has 0 bridgehead atoms. The van der Waals surface area contributed by atoms with Gasteiger partial charge in [-0.25, -0.2) is 0 Å². The van der Waals surface area contributed by atoms with Crippen LogP contribution in [0.4, 0.5) is 0 Å². The van der Waals surface area contributed by atoms with Crippen LogP contribution in [0.3, 0.4) is 0 Å². The minimum Gasteiger partial charge on any atom is -0.493 e. The Hall–Kier alpha value is -1.52. The molecule has 1 aliphatic carbocycles. The molecule has 1 aliphatic heterocycles. The molecule has 2 aliphatic rings. The van der Waals surface area contributed by atoms with Crippen LogP contribution in [0, 0.1) is 0 Å². The van der Waals surface area contributed by atoms with E-state index in [1.54, 1.807) is 14.2 Å². The third-order valence-electron chi connectivity index (χ3n) is 5.11. The third-order valence-corrected chi connectivity index (χ3v) is 5.11. The molecule has 0 spiro atoms. The number of methoxy groups -OCH3 is 2. The van der Waals surface area contributed by atoms with Crippen molar-refractivity contribution in [1.82, 2.24) is 4.90 Å². The third kappa shape index (κ3) is 4.11. The molecule has 1 saturated carbocycles. The van der Waals surface area contributed by atoms with Gasteiger partial charge in [-0.05, 0) is 43.0 Å². The van der Waals surface area contributed by atoms with Crippen LogP contribution in [-0.2, 0) is 11.2 Å². The minimum atomic E-state index is 0.147. The molecule has 1 fully saturated rings.